The zero-order chi connectivity index (χ0) is 23.0. The van der Waals surface area contributed by atoms with Crippen molar-refractivity contribution in [3.63, 3.8) is 0 Å². The van der Waals surface area contributed by atoms with E-state index in [-0.39, 0.29) is 5.60 Å². The first kappa shape index (κ1) is 23.7. The molecule has 0 aromatic carbocycles. The average molecular weight is 475 g/mol. The molecule has 8 heteroatoms. The van der Waals surface area contributed by atoms with Gasteiger partial charge in [0.25, 0.3) is 0 Å². The van der Waals surface area contributed by atoms with Crippen LogP contribution >= 0.6 is 23.1 Å². The molecule has 0 aliphatic carbocycles. The highest BCUT2D eigenvalue weighted by molar-refractivity contribution is 7.98. The second-order valence-electron chi connectivity index (χ2n) is 10.1. The molecule has 1 aliphatic rings. The van der Waals surface area contributed by atoms with Gasteiger partial charge in [0.15, 0.2) is 5.16 Å². The number of hydrogen-bond acceptors (Lipinski definition) is 7. The molecule has 0 radical (unpaired) electrons. The van der Waals surface area contributed by atoms with E-state index in [1.54, 1.807) is 23.1 Å². The van der Waals surface area contributed by atoms with Crippen LogP contribution in [0.1, 0.15) is 50.9 Å². The van der Waals surface area contributed by atoms with Gasteiger partial charge < -0.3 is 15.0 Å². The predicted molar refractivity (Wildman–Crippen MR) is 136 cm³/mol. The third-order valence-electron chi connectivity index (χ3n) is 5.89. The number of rotatable bonds is 8. The van der Waals surface area contributed by atoms with Gasteiger partial charge in [-0.3, -0.25) is 0 Å². The number of anilines is 1. The molecule has 174 valence electrons. The zero-order valence-corrected chi connectivity index (χ0v) is 22.0. The lowest BCUT2D eigenvalue weighted by Crippen LogP contribution is -3.05. The molecule has 0 fully saturated rings. The number of fused-ring (bicyclic) bond motifs is 5. The summed E-state index contributed by atoms with van der Waals surface area (Å²) in [5.74, 6) is 1.49. The molecule has 0 spiro atoms. The summed E-state index contributed by atoms with van der Waals surface area (Å²) in [6.45, 7) is 11.5. The van der Waals surface area contributed by atoms with Crippen LogP contribution in [-0.2, 0) is 24.2 Å². The fraction of sp³-hybridized carbons (Fsp3) is 0.625. The van der Waals surface area contributed by atoms with Gasteiger partial charge in [0.1, 0.15) is 10.6 Å². The van der Waals surface area contributed by atoms with Crippen molar-refractivity contribution in [3.8, 4) is 0 Å². The molecule has 2 N–H and O–H groups in total. The van der Waals surface area contributed by atoms with E-state index in [0.717, 1.165) is 58.4 Å². The Labute approximate surface area is 199 Å². The van der Waals surface area contributed by atoms with E-state index >= 15 is 0 Å². The quantitative estimate of drug-likeness (QED) is 0.293. The van der Waals surface area contributed by atoms with E-state index in [1.807, 2.05) is 6.26 Å². The van der Waals surface area contributed by atoms with Gasteiger partial charge in [0, 0.05) is 36.0 Å². The van der Waals surface area contributed by atoms with Crippen molar-refractivity contribution in [2.45, 2.75) is 64.3 Å². The van der Waals surface area contributed by atoms with Crippen molar-refractivity contribution >= 4 is 49.3 Å². The van der Waals surface area contributed by atoms with Gasteiger partial charge in [-0.15, -0.1) is 11.3 Å². The summed E-state index contributed by atoms with van der Waals surface area (Å²) in [7, 11) is 4.38. The van der Waals surface area contributed by atoms with Gasteiger partial charge in [-0.2, -0.15) is 0 Å². The maximum absolute atomic E-state index is 6.22. The second kappa shape index (κ2) is 9.41. The average Bonchev–Trinajstić information content (AvgIpc) is 3.08. The van der Waals surface area contributed by atoms with Crippen LogP contribution < -0.4 is 10.2 Å². The number of aromatic nitrogens is 3. The molecule has 0 amide bonds. The van der Waals surface area contributed by atoms with E-state index < -0.39 is 0 Å². The Bertz CT molecular complexity index is 1120. The lowest BCUT2D eigenvalue weighted by Gasteiger charge is -2.33. The smallest absolute Gasteiger partial charge is 0.189 e. The molecule has 32 heavy (non-hydrogen) atoms. The van der Waals surface area contributed by atoms with Crippen LogP contribution in [0, 0.1) is 5.92 Å². The SMILES string of the molecule is CSc1nc(NCCC[NH+](C)C)c2sc3nc(CC(C)C)c4c(c3c2n1)CC(C)(C)OC4. The summed E-state index contributed by atoms with van der Waals surface area (Å²) < 4.78 is 7.34. The van der Waals surface area contributed by atoms with Crippen molar-refractivity contribution in [1.82, 2.24) is 15.0 Å². The molecule has 4 rings (SSSR count). The van der Waals surface area contributed by atoms with Crippen molar-refractivity contribution in [1.29, 1.82) is 0 Å². The number of thioether (sulfide) groups is 1. The highest BCUT2D eigenvalue weighted by Crippen LogP contribution is 2.43. The minimum absolute atomic E-state index is 0.185. The number of pyridine rings is 1. The van der Waals surface area contributed by atoms with Crippen LogP contribution in [0.5, 0.6) is 0 Å². The van der Waals surface area contributed by atoms with Crippen molar-refractivity contribution < 1.29 is 9.64 Å². The Balaban J connectivity index is 1.88. The van der Waals surface area contributed by atoms with Crippen LogP contribution in [0.4, 0.5) is 5.82 Å². The van der Waals surface area contributed by atoms with Gasteiger partial charge >= 0.3 is 0 Å². The molecule has 3 aromatic heterocycles. The maximum Gasteiger partial charge on any atom is 0.189 e. The molecule has 6 nitrogen and oxygen atoms in total. The lowest BCUT2D eigenvalue weighted by atomic mass is 9.88. The van der Waals surface area contributed by atoms with Gasteiger partial charge in [-0.05, 0) is 38.0 Å². The lowest BCUT2D eigenvalue weighted by molar-refractivity contribution is -0.858. The molecule has 0 saturated carbocycles. The summed E-state index contributed by atoms with van der Waals surface area (Å²) in [6.07, 6.45) is 4.99. The van der Waals surface area contributed by atoms with Crippen LogP contribution in [0.2, 0.25) is 0 Å². The third kappa shape index (κ3) is 4.88. The summed E-state index contributed by atoms with van der Waals surface area (Å²) in [5.41, 5.74) is 4.70. The molecular formula is C24H36N5OS2+. The van der Waals surface area contributed by atoms with E-state index in [0.29, 0.717) is 12.5 Å². The highest BCUT2D eigenvalue weighted by atomic mass is 32.2. The first-order valence-electron chi connectivity index (χ1n) is 11.5. The topological polar surface area (TPSA) is 64.4 Å². The van der Waals surface area contributed by atoms with Crippen molar-refractivity contribution in [2.75, 3.05) is 38.8 Å². The first-order valence-corrected chi connectivity index (χ1v) is 13.6. The Hall–Kier alpha value is -1.48. The number of nitrogens with zero attached hydrogens (tertiary/aromatic N) is 3. The summed E-state index contributed by atoms with van der Waals surface area (Å²) in [5, 5.41) is 5.62. The first-order chi connectivity index (χ1) is 15.2. The fourth-order valence-corrected chi connectivity index (χ4v) is 5.83. The summed E-state index contributed by atoms with van der Waals surface area (Å²) >= 11 is 3.33. The van der Waals surface area contributed by atoms with E-state index in [9.17, 15) is 0 Å². The van der Waals surface area contributed by atoms with Gasteiger partial charge in [-0.1, -0.05) is 25.6 Å². The summed E-state index contributed by atoms with van der Waals surface area (Å²) in [4.78, 5) is 17.5. The van der Waals surface area contributed by atoms with E-state index in [1.165, 1.54) is 27.1 Å². The Kier molecular flexibility index (Phi) is 6.96. The molecule has 1 aliphatic heterocycles. The predicted octanol–water partition coefficient (Wildman–Crippen LogP) is 3.96. The molecule has 0 unspecified atom stereocenters. The van der Waals surface area contributed by atoms with Crippen molar-refractivity contribution in [3.05, 3.63) is 16.8 Å². The Morgan fingerprint density at radius 2 is 1.97 bits per heavy atom. The largest absolute Gasteiger partial charge is 0.370 e. The van der Waals surface area contributed by atoms with Crippen LogP contribution in [0.3, 0.4) is 0 Å². The standard InChI is InChI=1S/C24H35N5OS2/c1-14(2)11-17-16-13-30-24(3,4)12-15(16)18-19-20(32-22(18)26-17)21(28-23(27-19)31-7)25-9-8-10-29(5)6/h14H,8-13H2,1-7H3,(H,25,27,28)/p+1. The zero-order valence-electron chi connectivity index (χ0n) is 20.4. The van der Waals surface area contributed by atoms with Crippen LogP contribution in [0.25, 0.3) is 20.4 Å². The second-order valence-corrected chi connectivity index (χ2v) is 11.9. The fourth-order valence-electron chi connectivity index (χ4n) is 4.34. The number of hydrogen-bond donors (Lipinski definition) is 2. The Morgan fingerprint density at radius 3 is 2.66 bits per heavy atom. The van der Waals surface area contributed by atoms with Crippen LogP contribution in [0.15, 0.2) is 5.16 Å². The summed E-state index contributed by atoms with van der Waals surface area (Å²) in [6, 6.07) is 0. The number of quaternary nitrogens is 1. The van der Waals surface area contributed by atoms with E-state index in [4.69, 9.17) is 19.7 Å². The van der Waals surface area contributed by atoms with Crippen LogP contribution in [-0.4, -0.2) is 54.0 Å². The minimum atomic E-state index is -0.185. The minimum Gasteiger partial charge on any atom is -0.370 e. The molecule has 0 atom stereocenters. The molecular weight excluding hydrogens is 438 g/mol. The maximum atomic E-state index is 6.22. The highest BCUT2D eigenvalue weighted by Gasteiger charge is 2.32. The van der Waals surface area contributed by atoms with Gasteiger partial charge in [-0.25, -0.2) is 15.0 Å². The normalized spacial score (nSPS) is 15.8. The Morgan fingerprint density at radius 1 is 1.19 bits per heavy atom. The molecule has 4 heterocycles. The number of thiophene rings is 1. The molecule has 0 bridgehead atoms. The van der Waals surface area contributed by atoms with Gasteiger partial charge in [0.05, 0.1) is 43.1 Å². The van der Waals surface area contributed by atoms with Crippen molar-refractivity contribution in [2.24, 2.45) is 5.92 Å². The third-order valence-corrected chi connectivity index (χ3v) is 7.51. The number of nitrogens with one attached hydrogen (secondary N) is 2. The van der Waals surface area contributed by atoms with E-state index in [2.05, 4.69) is 47.1 Å². The number of ether oxygens (including phenoxy) is 1. The molecule has 3 aromatic rings. The van der Waals surface area contributed by atoms with Gasteiger partial charge in [0.2, 0.25) is 0 Å². The molecule has 0 saturated heterocycles. The monoisotopic (exact) mass is 474 g/mol.